The largest absolute Gasteiger partial charge is 0.328 e. The highest BCUT2D eigenvalue weighted by molar-refractivity contribution is 7.16. The third kappa shape index (κ3) is 3.95. The van der Waals surface area contributed by atoms with Gasteiger partial charge in [0.25, 0.3) is 0 Å². The minimum atomic E-state index is 0.431. The van der Waals surface area contributed by atoms with Crippen LogP contribution in [0.25, 0.3) is 0 Å². The zero-order valence-corrected chi connectivity index (χ0v) is 12.6. The fraction of sp³-hybridized carbons (Fsp3) is 0.714. The summed E-state index contributed by atoms with van der Waals surface area (Å²) in [6.07, 6.45) is 6.06. The second kappa shape index (κ2) is 6.90. The molecule has 0 spiro atoms. The Morgan fingerprint density at radius 2 is 2.06 bits per heavy atom. The van der Waals surface area contributed by atoms with E-state index in [1.54, 1.807) is 11.3 Å². The zero-order chi connectivity index (χ0) is 13.0. The Morgan fingerprint density at radius 1 is 1.33 bits per heavy atom. The second-order valence-electron chi connectivity index (χ2n) is 5.24. The van der Waals surface area contributed by atoms with E-state index in [1.165, 1.54) is 43.5 Å². The van der Waals surface area contributed by atoms with E-state index in [0.29, 0.717) is 12.1 Å². The number of hydrogen-bond donors (Lipinski definition) is 1. The Kier molecular flexibility index (Phi) is 5.49. The van der Waals surface area contributed by atoms with Crippen LogP contribution in [0.15, 0.2) is 12.1 Å². The van der Waals surface area contributed by atoms with Crippen LogP contribution in [0.2, 0.25) is 4.34 Å². The first kappa shape index (κ1) is 14.3. The molecule has 0 atom stereocenters. The number of nitrogens with two attached hydrogens (primary N) is 1. The molecule has 18 heavy (non-hydrogen) atoms. The van der Waals surface area contributed by atoms with Gasteiger partial charge < -0.3 is 5.73 Å². The molecule has 1 aliphatic rings. The maximum Gasteiger partial charge on any atom is 0.0931 e. The Bertz CT molecular complexity index is 358. The van der Waals surface area contributed by atoms with Gasteiger partial charge in [-0.05, 0) is 50.8 Å². The number of halogens is 1. The summed E-state index contributed by atoms with van der Waals surface area (Å²) < 4.78 is 0.895. The summed E-state index contributed by atoms with van der Waals surface area (Å²) in [6, 6.07) is 5.30. The van der Waals surface area contributed by atoms with Crippen LogP contribution >= 0.6 is 22.9 Å². The van der Waals surface area contributed by atoms with Crippen molar-refractivity contribution in [3.63, 3.8) is 0 Å². The van der Waals surface area contributed by atoms with Crippen molar-refractivity contribution in [2.24, 2.45) is 5.73 Å². The molecule has 2 rings (SSSR count). The van der Waals surface area contributed by atoms with Gasteiger partial charge in [0, 0.05) is 23.5 Å². The summed E-state index contributed by atoms with van der Waals surface area (Å²) in [5.74, 6) is 0. The van der Waals surface area contributed by atoms with Crippen LogP contribution in [-0.2, 0) is 6.54 Å². The average Bonchev–Trinajstić information content (AvgIpc) is 2.75. The van der Waals surface area contributed by atoms with Crippen LogP contribution in [-0.4, -0.2) is 23.5 Å². The highest BCUT2D eigenvalue weighted by atomic mass is 35.5. The Morgan fingerprint density at radius 3 is 2.61 bits per heavy atom. The van der Waals surface area contributed by atoms with Crippen molar-refractivity contribution in [3.8, 4) is 0 Å². The molecule has 1 aromatic rings. The lowest BCUT2D eigenvalue weighted by atomic mass is 9.90. The van der Waals surface area contributed by atoms with E-state index < -0.39 is 0 Å². The van der Waals surface area contributed by atoms with Crippen molar-refractivity contribution in [1.82, 2.24) is 4.90 Å². The Balaban J connectivity index is 1.94. The van der Waals surface area contributed by atoms with Gasteiger partial charge in [0.2, 0.25) is 0 Å². The van der Waals surface area contributed by atoms with E-state index in [0.717, 1.165) is 10.9 Å². The third-order valence-electron chi connectivity index (χ3n) is 3.76. The predicted octanol–water partition coefficient (Wildman–Crippen LogP) is 3.88. The third-order valence-corrected chi connectivity index (χ3v) is 4.97. The van der Waals surface area contributed by atoms with Crippen LogP contribution in [0, 0.1) is 0 Å². The van der Waals surface area contributed by atoms with Crippen molar-refractivity contribution in [2.45, 2.75) is 57.7 Å². The molecule has 0 aromatic carbocycles. The van der Waals surface area contributed by atoms with E-state index in [2.05, 4.69) is 17.9 Å². The molecule has 0 saturated heterocycles. The van der Waals surface area contributed by atoms with E-state index in [-0.39, 0.29) is 0 Å². The first-order valence-electron chi connectivity index (χ1n) is 6.93. The molecule has 1 aromatic heterocycles. The van der Waals surface area contributed by atoms with E-state index in [9.17, 15) is 0 Å². The predicted molar refractivity (Wildman–Crippen MR) is 80.3 cm³/mol. The van der Waals surface area contributed by atoms with Gasteiger partial charge in [-0.2, -0.15) is 0 Å². The maximum absolute atomic E-state index is 6.01. The number of nitrogens with zero attached hydrogens (tertiary/aromatic N) is 1. The van der Waals surface area contributed by atoms with Crippen molar-refractivity contribution >= 4 is 22.9 Å². The number of thiophene rings is 1. The van der Waals surface area contributed by atoms with Gasteiger partial charge in [0.05, 0.1) is 4.34 Å². The Labute approximate surface area is 119 Å². The van der Waals surface area contributed by atoms with Crippen LogP contribution in [0.4, 0.5) is 0 Å². The van der Waals surface area contributed by atoms with Gasteiger partial charge in [0.1, 0.15) is 0 Å². The molecule has 0 unspecified atom stereocenters. The summed E-state index contributed by atoms with van der Waals surface area (Å²) in [5, 5.41) is 0. The van der Waals surface area contributed by atoms with Crippen LogP contribution in [0.3, 0.4) is 0 Å². The topological polar surface area (TPSA) is 29.3 Å². The fourth-order valence-corrected chi connectivity index (χ4v) is 3.89. The molecular formula is C14H23ClN2S. The highest BCUT2D eigenvalue weighted by Crippen LogP contribution is 2.27. The lowest BCUT2D eigenvalue weighted by Gasteiger charge is -2.35. The molecule has 0 amide bonds. The lowest BCUT2D eigenvalue weighted by molar-refractivity contribution is 0.143. The quantitative estimate of drug-likeness (QED) is 0.890. The smallest absolute Gasteiger partial charge is 0.0931 e. The molecule has 0 radical (unpaired) electrons. The molecule has 2 nitrogen and oxygen atoms in total. The zero-order valence-electron chi connectivity index (χ0n) is 11.1. The van der Waals surface area contributed by atoms with Crippen molar-refractivity contribution < 1.29 is 0 Å². The van der Waals surface area contributed by atoms with Crippen LogP contribution < -0.4 is 5.73 Å². The SMILES string of the molecule is CCCN(Cc1ccc(Cl)s1)C1CCC(N)CC1. The van der Waals surface area contributed by atoms with Crippen molar-refractivity contribution in [2.75, 3.05) is 6.54 Å². The van der Waals surface area contributed by atoms with Gasteiger partial charge in [0.15, 0.2) is 0 Å². The molecule has 4 heteroatoms. The average molecular weight is 287 g/mol. The van der Waals surface area contributed by atoms with Crippen LogP contribution in [0.1, 0.15) is 43.9 Å². The second-order valence-corrected chi connectivity index (χ2v) is 7.04. The standard InChI is InChI=1S/C14H23ClN2S/c1-2-9-17(10-13-7-8-14(15)18-13)12-5-3-11(16)4-6-12/h7-8,11-12H,2-6,9-10,16H2,1H3. The molecule has 0 aliphatic heterocycles. The molecule has 1 aliphatic carbocycles. The van der Waals surface area contributed by atoms with Crippen molar-refractivity contribution in [3.05, 3.63) is 21.3 Å². The monoisotopic (exact) mass is 286 g/mol. The van der Waals surface area contributed by atoms with E-state index >= 15 is 0 Å². The van der Waals surface area contributed by atoms with E-state index in [4.69, 9.17) is 17.3 Å². The minimum Gasteiger partial charge on any atom is -0.328 e. The highest BCUT2D eigenvalue weighted by Gasteiger charge is 2.24. The molecular weight excluding hydrogens is 264 g/mol. The first-order valence-corrected chi connectivity index (χ1v) is 8.12. The Hall–Kier alpha value is -0.0900. The number of rotatable bonds is 5. The van der Waals surface area contributed by atoms with E-state index in [1.807, 2.05) is 6.07 Å². The number of hydrogen-bond acceptors (Lipinski definition) is 3. The van der Waals surface area contributed by atoms with Crippen LogP contribution in [0.5, 0.6) is 0 Å². The fourth-order valence-electron chi connectivity index (χ4n) is 2.78. The summed E-state index contributed by atoms with van der Waals surface area (Å²) in [4.78, 5) is 4.00. The van der Waals surface area contributed by atoms with Gasteiger partial charge in [-0.3, -0.25) is 4.90 Å². The minimum absolute atomic E-state index is 0.431. The van der Waals surface area contributed by atoms with Crippen molar-refractivity contribution in [1.29, 1.82) is 0 Å². The summed E-state index contributed by atoms with van der Waals surface area (Å²) in [7, 11) is 0. The maximum atomic E-state index is 6.01. The van der Waals surface area contributed by atoms with Gasteiger partial charge >= 0.3 is 0 Å². The molecule has 1 fully saturated rings. The molecule has 0 bridgehead atoms. The normalized spacial score (nSPS) is 24.7. The first-order chi connectivity index (χ1) is 8.69. The molecule has 102 valence electrons. The summed E-state index contributed by atoms with van der Waals surface area (Å²) in [6.45, 7) is 4.48. The summed E-state index contributed by atoms with van der Waals surface area (Å²) in [5.41, 5.74) is 5.99. The van der Waals surface area contributed by atoms with Gasteiger partial charge in [-0.1, -0.05) is 18.5 Å². The molecule has 2 N–H and O–H groups in total. The molecule has 1 saturated carbocycles. The molecule has 1 heterocycles. The van der Waals surface area contributed by atoms with Gasteiger partial charge in [-0.15, -0.1) is 11.3 Å². The lowest BCUT2D eigenvalue weighted by Crippen LogP contribution is -2.40. The van der Waals surface area contributed by atoms with Gasteiger partial charge in [-0.25, -0.2) is 0 Å². The summed E-state index contributed by atoms with van der Waals surface area (Å²) >= 11 is 7.71.